The molecule has 0 aromatic heterocycles. The minimum atomic E-state index is -1.13. The summed E-state index contributed by atoms with van der Waals surface area (Å²) in [6.07, 6.45) is 0. The van der Waals surface area contributed by atoms with Crippen molar-refractivity contribution in [1.82, 2.24) is 0 Å². The maximum Gasteiger partial charge on any atom is 0.0715 e. The fourth-order valence-electron chi connectivity index (χ4n) is 2.06. The second kappa shape index (κ2) is 18.8. The molecule has 0 saturated heterocycles. The second-order valence-corrected chi connectivity index (χ2v) is 6.04. The molecule has 0 unspecified atom stereocenters. The van der Waals surface area contributed by atoms with Crippen LogP contribution in [0.15, 0.2) is 121 Å². The standard InChI is InChI=1S/3C7H6O2.C6H5.Pb/c3*8-7(9)6-4-2-1-3-5-6;1-2-4-6-5-3-1;/h3*1-5H,(H,8,9);1-5H;/p-3. The van der Waals surface area contributed by atoms with Gasteiger partial charge < -0.3 is 29.7 Å². The summed E-state index contributed by atoms with van der Waals surface area (Å²) in [5.74, 6) is -3.39. The summed E-state index contributed by atoms with van der Waals surface area (Å²) in [6.45, 7) is 0. The van der Waals surface area contributed by atoms with E-state index in [1.807, 2.05) is 30.3 Å². The van der Waals surface area contributed by atoms with Crippen LogP contribution in [0.1, 0.15) is 31.1 Å². The van der Waals surface area contributed by atoms with E-state index in [0.717, 1.165) is 0 Å². The van der Waals surface area contributed by atoms with Crippen molar-refractivity contribution in [3.63, 3.8) is 0 Å². The maximum atomic E-state index is 10.1. The summed E-state index contributed by atoms with van der Waals surface area (Å²) in [7, 11) is 0. The van der Waals surface area contributed by atoms with E-state index in [1.54, 1.807) is 54.6 Å². The van der Waals surface area contributed by atoms with Gasteiger partial charge in [0.1, 0.15) is 0 Å². The van der Waals surface area contributed by atoms with Crippen LogP contribution in [-0.2, 0) is 0 Å². The molecular formula is C27H20O6Pb-3. The molecule has 4 rings (SSSR count). The molecule has 0 atom stereocenters. The van der Waals surface area contributed by atoms with Gasteiger partial charge in [-0.15, -0.1) is 0 Å². The minimum Gasteiger partial charge on any atom is -0.545 e. The molecule has 34 heavy (non-hydrogen) atoms. The Kier molecular flexibility index (Phi) is 16.7. The normalized spacial score (nSPS) is 8.47. The monoisotopic (exact) mass is 648 g/mol. The molecule has 4 aromatic carbocycles. The summed E-state index contributed by atoms with van der Waals surface area (Å²) in [4.78, 5) is 30.3. The van der Waals surface area contributed by atoms with Crippen LogP contribution in [0.2, 0.25) is 0 Å². The van der Waals surface area contributed by atoms with Crippen LogP contribution in [0.25, 0.3) is 0 Å². The van der Waals surface area contributed by atoms with E-state index >= 15 is 0 Å². The molecule has 0 N–H and O–H groups in total. The summed E-state index contributed by atoms with van der Waals surface area (Å²) < 4.78 is 0. The van der Waals surface area contributed by atoms with Crippen LogP contribution >= 0.6 is 0 Å². The molecule has 0 aliphatic rings. The number of carbonyl (C=O) groups excluding carboxylic acids is 3. The Balaban J connectivity index is 0.000000427. The first-order chi connectivity index (χ1) is 15.9. The predicted octanol–water partition coefficient (Wildman–Crippen LogP) is 1.26. The van der Waals surface area contributed by atoms with Crippen molar-refractivity contribution in [2.75, 3.05) is 0 Å². The molecule has 5 radical (unpaired) electrons. The fraction of sp³-hybridized carbons (Fsp3) is 0. The first-order valence-electron chi connectivity index (χ1n) is 9.62. The van der Waals surface area contributed by atoms with Crippen molar-refractivity contribution < 1.29 is 29.7 Å². The molecule has 0 amide bonds. The van der Waals surface area contributed by atoms with Gasteiger partial charge in [-0.3, -0.25) is 0 Å². The molecule has 171 valence electrons. The largest absolute Gasteiger partial charge is 0.545 e. The Morgan fingerprint density at radius 1 is 0.441 bits per heavy atom. The van der Waals surface area contributed by atoms with Crippen molar-refractivity contribution in [1.29, 1.82) is 0 Å². The summed E-state index contributed by atoms with van der Waals surface area (Å²) >= 11 is 0. The first kappa shape index (κ1) is 30.2. The number of carboxylic acids is 3. The van der Waals surface area contributed by atoms with Gasteiger partial charge >= 0.3 is 0 Å². The van der Waals surface area contributed by atoms with Crippen LogP contribution in [0.4, 0.5) is 0 Å². The van der Waals surface area contributed by atoms with E-state index in [9.17, 15) is 29.7 Å². The zero-order chi connectivity index (χ0) is 24.3. The topological polar surface area (TPSA) is 120 Å². The Morgan fingerprint density at radius 2 is 0.676 bits per heavy atom. The van der Waals surface area contributed by atoms with E-state index < -0.39 is 17.9 Å². The second-order valence-electron chi connectivity index (χ2n) is 6.04. The van der Waals surface area contributed by atoms with E-state index in [2.05, 4.69) is 6.07 Å². The minimum absolute atomic E-state index is 0. The van der Waals surface area contributed by atoms with Gasteiger partial charge in [0.2, 0.25) is 0 Å². The number of carbonyl (C=O) groups is 3. The molecule has 0 saturated carbocycles. The van der Waals surface area contributed by atoms with Crippen molar-refractivity contribution in [3.05, 3.63) is 144 Å². The van der Waals surface area contributed by atoms with Crippen molar-refractivity contribution in [3.8, 4) is 0 Å². The maximum absolute atomic E-state index is 10.1. The number of hydrogen-bond acceptors (Lipinski definition) is 6. The van der Waals surface area contributed by atoms with Crippen LogP contribution in [0, 0.1) is 6.07 Å². The van der Waals surface area contributed by atoms with Crippen molar-refractivity contribution >= 4 is 45.2 Å². The van der Waals surface area contributed by atoms with Gasteiger partial charge in [-0.1, -0.05) is 121 Å². The quantitative estimate of drug-likeness (QED) is 0.309. The number of benzene rings is 4. The van der Waals surface area contributed by atoms with Gasteiger partial charge in [0.05, 0.1) is 17.9 Å². The summed E-state index contributed by atoms with van der Waals surface area (Å²) in [6, 6.07) is 36.7. The third-order valence-electron chi connectivity index (χ3n) is 3.64. The van der Waals surface area contributed by atoms with Crippen LogP contribution < -0.4 is 15.3 Å². The van der Waals surface area contributed by atoms with Gasteiger partial charge in [-0.2, -0.15) is 0 Å². The number of carboxylic acid groups (broad SMARTS) is 3. The average Bonchev–Trinajstić information content (AvgIpc) is 2.88. The van der Waals surface area contributed by atoms with Crippen LogP contribution in [-0.4, -0.2) is 45.2 Å². The third kappa shape index (κ3) is 14.3. The van der Waals surface area contributed by atoms with Crippen LogP contribution in [0.5, 0.6) is 0 Å². The molecule has 0 aliphatic heterocycles. The number of aromatic carboxylic acids is 3. The van der Waals surface area contributed by atoms with E-state index in [1.165, 1.54) is 36.4 Å². The zero-order valence-corrected chi connectivity index (χ0v) is 21.9. The molecule has 0 aliphatic carbocycles. The fourth-order valence-corrected chi connectivity index (χ4v) is 2.06. The van der Waals surface area contributed by atoms with E-state index in [4.69, 9.17) is 0 Å². The average molecular weight is 648 g/mol. The van der Waals surface area contributed by atoms with Gasteiger partial charge in [0, 0.05) is 27.3 Å². The number of rotatable bonds is 3. The molecular weight excluding hydrogens is 627 g/mol. The molecule has 0 heterocycles. The molecule has 7 heteroatoms. The molecule has 6 nitrogen and oxygen atoms in total. The number of hydrogen-bond donors (Lipinski definition) is 0. The molecule has 4 aromatic rings. The smallest absolute Gasteiger partial charge is 0.0715 e. The Hall–Kier alpha value is -3.79. The SMILES string of the molecule is O=C([O-])c1ccccc1.O=C([O-])c1ccccc1.O=C([O-])c1ccccc1.[Pb].[c]1ccccc1. The van der Waals surface area contributed by atoms with Crippen molar-refractivity contribution in [2.24, 2.45) is 0 Å². The van der Waals surface area contributed by atoms with Gasteiger partial charge in [0.25, 0.3) is 0 Å². The molecule has 0 spiro atoms. The third-order valence-corrected chi connectivity index (χ3v) is 3.64. The first-order valence-corrected chi connectivity index (χ1v) is 9.62. The van der Waals surface area contributed by atoms with Gasteiger partial charge in [0.15, 0.2) is 0 Å². The van der Waals surface area contributed by atoms with Gasteiger partial charge in [-0.05, 0) is 22.8 Å². The van der Waals surface area contributed by atoms with Crippen molar-refractivity contribution in [2.45, 2.75) is 0 Å². The Labute approximate surface area is 218 Å². The van der Waals surface area contributed by atoms with Gasteiger partial charge in [-0.25, -0.2) is 0 Å². The van der Waals surface area contributed by atoms with E-state index in [-0.39, 0.29) is 44.0 Å². The van der Waals surface area contributed by atoms with Crippen LogP contribution in [0.3, 0.4) is 0 Å². The molecule has 0 fully saturated rings. The zero-order valence-electron chi connectivity index (χ0n) is 18.0. The predicted molar refractivity (Wildman–Crippen MR) is 123 cm³/mol. The summed E-state index contributed by atoms with van der Waals surface area (Å²) in [5, 5.41) is 30.3. The van der Waals surface area contributed by atoms with E-state index in [0.29, 0.717) is 0 Å². The molecule has 0 bridgehead atoms. The summed E-state index contributed by atoms with van der Waals surface area (Å²) in [5.41, 5.74) is 0.660. The Morgan fingerprint density at radius 3 is 0.794 bits per heavy atom. The Bertz CT molecular complexity index is 929.